The zero-order chi connectivity index (χ0) is 18.0. The van der Waals surface area contributed by atoms with E-state index in [1.807, 2.05) is 6.92 Å². The molecule has 25 heavy (non-hydrogen) atoms. The minimum Gasteiger partial charge on any atom is -0.316 e. The van der Waals surface area contributed by atoms with E-state index >= 15 is 0 Å². The van der Waals surface area contributed by atoms with Crippen LogP contribution in [0.15, 0.2) is 42.5 Å². The Morgan fingerprint density at radius 1 is 1.00 bits per heavy atom. The number of nitrogens with one attached hydrogen (secondary N) is 2. The maximum absolute atomic E-state index is 14.2. The number of unbranched alkanes of at least 4 members (excludes halogenated alkanes) is 1. The molecule has 130 valence electrons. The third-order valence-electron chi connectivity index (χ3n) is 4.34. The van der Waals surface area contributed by atoms with Crippen LogP contribution in [-0.2, 0) is 16.8 Å². The molecule has 2 aromatic carbocycles. The molecule has 1 aliphatic rings. The molecular formula is C19H18F2N2O2. The lowest BCUT2D eigenvalue weighted by atomic mass is 9.81. The van der Waals surface area contributed by atoms with Gasteiger partial charge in [0.15, 0.2) is 5.54 Å². The average Bonchev–Trinajstić information content (AvgIpc) is 2.88. The third kappa shape index (κ3) is 3.12. The van der Waals surface area contributed by atoms with Crippen molar-refractivity contribution < 1.29 is 18.4 Å². The minimum atomic E-state index is -1.65. The van der Waals surface area contributed by atoms with Crippen molar-refractivity contribution in [2.75, 3.05) is 0 Å². The van der Waals surface area contributed by atoms with Crippen LogP contribution < -0.4 is 10.6 Å². The summed E-state index contributed by atoms with van der Waals surface area (Å²) in [6, 6.07) is 8.99. The van der Waals surface area contributed by atoms with Crippen molar-refractivity contribution in [1.29, 1.82) is 0 Å². The second kappa shape index (κ2) is 6.63. The molecule has 1 unspecified atom stereocenters. The van der Waals surface area contributed by atoms with Crippen LogP contribution in [0.5, 0.6) is 0 Å². The smallest absolute Gasteiger partial charge is 0.316 e. The summed E-state index contributed by atoms with van der Waals surface area (Å²) >= 11 is 0. The van der Waals surface area contributed by atoms with E-state index in [1.165, 1.54) is 36.4 Å². The van der Waals surface area contributed by atoms with E-state index in [-0.39, 0.29) is 11.1 Å². The van der Waals surface area contributed by atoms with Gasteiger partial charge in [-0.3, -0.25) is 10.1 Å². The maximum Gasteiger partial charge on any atom is 0.322 e. The van der Waals surface area contributed by atoms with Crippen molar-refractivity contribution in [1.82, 2.24) is 10.6 Å². The summed E-state index contributed by atoms with van der Waals surface area (Å²) in [6.07, 6.45) is 2.46. The fourth-order valence-corrected chi connectivity index (χ4v) is 3.14. The van der Waals surface area contributed by atoms with Gasteiger partial charge in [0.05, 0.1) is 0 Å². The number of amides is 3. The molecule has 2 aromatic rings. The number of halogens is 2. The summed E-state index contributed by atoms with van der Waals surface area (Å²) in [7, 11) is 0. The number of rotatable bonds is 5. The molecule has 1 saturated heterocycles. The molecule has 0 bridgehead atoms. The monoisotopic (exact) mass is 344 g/mol. The first kappa shape index (κ1) is 17.1. The highest BCUT2D eigenvalue weighted by Gasteiger charge is 2.49. The van der Waals surface area contributed by atoms with Crippen molar-refractivity contribution in [2.45, 2.75) is 31.7 Å². The molecule has 2 N–H and O–H groups in total. The van der Waals surface area contributed by atoms with Crippen LogP contribution in [0.1, 0.15) is 36.5 Å². The fraction of sp³-hybridized carbons (Fsp3) is 0.263. The zero-order valence-electron chi connectivity index (χ0n) is 13.7. The normalized spacial score (nSPS) is 19.6. The quantitative estimate of drug-likeness (QED) is 0.817. The van der Waals surface area contributed by atoms with Crippen LogP contribution >= 0.6 is 0 Å². The summed E-state index contributed by atoms with van der Waals surface area (Å²) < 4.78 is 27.9. The molecular weight excluding hydrogens is 326 g/mol. The van der Waals surface area contributed by atoms with E-state index in [4.69, 9.17) is 0 Å². The predicted octanol–water partition coefficient (Wildman–Crippen LogP) is 3.39. The molecule has 0 aliphatic carbocycles. The summed E-state index contributed by atoms with van der Waals surface area (Å²) in [4.78, 5) is 24.4. The van der Waals surface area contributed by atoms with Crippen LogP contribution in [0.25, 0.3) is 0 Å². The molecule has 0 saturated carbocycles. The van der Waals surface area contributed by atoms with Gasteiger partial charge in [0.2, 0.25) is 0 Å². The number of carbonyl (C=O) groups excluding carboxylic acids is 2. The van der Waals surface area contributed by atoms with Gasteiger partial charge in [0.1, 0.15) is 11.6 Å². The Bertz CT molecular complexity index is 838. The Kier molecular flexibility index (Phi) is 4.53. The lowest BCUT2D eigenvalue weighted by molar-refractivity contribution is -0.122. The summed E-state index contributed by atoms with van der Waals surface area (Å²) in [5.74, 6) is -1.71. The zero-order valence-corrected chi connectivity index (χ0v) is 13.7. The van der Waals surface area contributed by atoms with E-state index in [0.29, 0.717) is 6.42 Å². The van der Waals surface area contributed by atoms with E-state index in [2.05, 4.69) is 10.6 Å². The molecule has 3 rings (SSSR count). The molecule has 0 aromatic heterocycles. The van der Waals surface area contributed by atoms with E-state index in [1.54, 1.807) is 6.07 Å². The first-order chi connectivity index (χ1) is 12.0. The van der Waals surface area contributed by atoms with Crippen molar-refractivity contribution >= 4 is 11.9 Å². The van der Waals surface area contributed by atoms with Gasteiger partial charge in [-0.05, 0) is 53.8 Å². The number of urea groups is 1. The average molecular weight is 344 g/mol. The molecule has 1 heterocycles. The Morgan fingerprint density at radius 3 is 2.40 bits per heavy atom. The number of benzene rings is 2. The van der Waals surface area contributed by atoms with Crippen LogP contribution in [0, 0.1) is 11.6 Å². The van der Waals surface area contributed by atoms with Gasteiger partial charge in [-0.25, -0.2) is 13.6 Å². The Hall–Kier alpha value is -2.76. The largest absolute Gasteiger partial charge is 0.322 e. The maximum atomic E-state index is 14.2. The van der Waals surface area contributed by atoms with Crippen LogP contribution in [0.3, 0.4) is 0 Å². The SMILES string of the molecule is CCCCc1cc(F)cc(C2(c3cccc(F)c3)NC(=O)NC2=O)c1. The van der Waals surface area contributed by atoms with Crippen molar-refractivity contribution in [2.24, 2.45) is 0 Å². The molecule has 6 heteroatoms. The Morgan fingerprint density at radius 2 is 1.76 bits per heavy atom. The fourth-order valence-electron chi connectivity index (χ4n) is 3.14. The standard InChI is InChI=1S/C19H18F2N2O2/c1-2-3-5-12-8-14(11-16(21)9-12)19(17(24)22-18(25)23-19)13-6-4-7-15(20)10-13/h4,6-11H,2-3,5H2,1H3,(H2,22,23,24,25). The highest BCUT2D eigenvalue weighted by atomic mass is 19.1. The van der Waals surface area contributed by atoms with Gasteiger partial charge >= 0.3 is 6.03 Å². The van der Waals surface area contributed by atoms with Gasteiger partial charge in [-0.15, -0.1) is 0 Å². The van der Waals surface area contributed by atoms with Crippen molar-refractivity contribution in [3.8, 4) is 0 Å². The highest BCUT2D eigenvalue weighted by Crippen LogP contribution is 2.34. The van der Waals surface area contributed by atoms with Gasteiger partial charge in [0.25, 0.3) is 5.91 Å². The predicted molar refractivity (Wildman–Crippen MR) is 88.9 cm³/mol. The molecule has 1 fully saturated rings. The molecule has 0 radical (unpaired) electrons. The summed E-state index contributed by atoms with van der Waals surface area (Å²) in [5.41, 5.74) is -0.417. The molecule has 4 nitrogen and oxygen atoms in total. The molecule has 1 aliphatic heterocycles. The van der Waals surface area contributed by atoms with E-state index < -0.39 is 29.1 Å². The number of imide groups is 1. The van der Waals surface area contributed by atoms with E-state index in [9.17, 15) is 18.4 Å². The Balaban J connectivity index is 2.18. The topological polar surface area (TPSA) is 58.2 Å². The van der Waals surface area contributed by atoms with Crippen molar-refractivity contribution in [3.05, 3.63) is 70.8 Å². The lowest BCUT2D eigenvalue weighted by Crippen LogP contribution is -2.45. The van der Waals surface area contributed by atoms with Crippen LogP contribution in [-0.4, -0.2) is 11.9 Å². The second-order valence-electron chi connectivity index (χ2n) is 6.12. The summed E-state index contributed by atoms with van der Waals surface area (Å²) in [5, 5.41) is 4.73. The van der Waals surface area contributed by atoms with Gasteiger partial charge in [-0.1, -0.05) is 31.5 Å². The van der Waals surface area contributed by atoms with E-state index in [0.717, 1.165) is 18.4 Å². The lowest BCUT2D eigenvalue weighted by Gasteiger charge is -2.28. The molecule has 3 amide bonds. The number of aryl methyl sites for hydroxylation is 1. The third-order valence-corrected chi connectivity index (χ3v) is 4.34. The van der Waals surface area contributed by atoms with Crippen LogP contribution in [0.4, 0.5) is 13.6 Å². The highest BCUT2D eigenvalue weighted by molar-refractivity contribution is 6.09. The van der Waals surface area contributed by atoms with Crippen LogP contribution in [0.2, 0.25) is 0 Å². The van der Waals surface area contributed by atoms with Gasteiger partial charge in [0, 0.05) is 0 Å². The van der Waals surface area contributed by atoms with Gasteiger partial charge in [-0.2, -0.15) is 0 Å². The molecule has 1 atom stereocenters. The molecule has 0 spiro atoms. The number of hydrogen-bond acceptors (Lipinski definition) is 2. The Labute approximate surface area is 144 Å². The summed E-state index contributed by atoms with van der Waals surface area (Å²) in [6.45, 7) is 2.03. The second-order valence-corrected chi connectivity index (χ2v) is 6.12. The van der Waals surface area contributed by atoms with Crippen molar-refractivity contribution in [3.63, 3.8) is 0 Å². The number of carbonyl (C=O) groups is 2. The minimum absolute atomic E-state index is 0.239. The van der Waals surface area contributed by atoms with Gasteiger partial charge < -0.3 is 5.32 Å². The number of hydrogen-bond donors (Lipinski definition) is 2. The first-order valence-electron chi connectivity index (χ1n) is 8.15. The first-order valence-corrected chi connectivity index (χ1v) is 8.15.